The van der Waals surface area contributed by atoms with Gasteiger partial charge >= 0.3 is 0 Å². The van der Waals surface area contributed by atoms with Crippen molar-refractivity contribution in [2.45, 2.75) is 28.5 Å². The van der Waals surface area contributed by atoms with Crippen LogP contribution in [0.2, 0.25) is 0 Å². The first kappa shape index (κ1) is 19.2. The van der Waals surface area contributed by atoms with E-state index in [4.69, 9.17) is 27.0 Å². The lowest BCUT2D eigenvalue weighted by molar-refractivity contribution is 0.337. The van der Waals surface area contributed by atoms with Gasteiger partial charge in [-0.3, -0.25) is 0 Å². The van der Waals surface area contributed by atoms with Crippen LogP contribution >= 0.6 is 31.5 Å². The van der Waals surface area contributed by atoms with Crippen molar-refractivity contribution in [2.24, 2.45) is 0 Å². The molecule has 0 unspecified atom stereocenters. The van der Waals surface area contributed by atoms with E-state index in [2.05, 4.69) is 50.2 Å². The van der Waals surface area contributed by atoms with Gasteiger partial charge in [0.15, 0.2) is 0 Å². The molecule has 4 heteroatoms. The zero-order valence-corrected chi connectivity index (χ0v) is 17.2. The molecule has 0 atom stereocenters. The Morgan fingerprint density at radius 1 is 0.769 bits per heavy atom. The highest BCUT2D eigenvalue weighted by atomic mass is 35.7. The quantitative estimate of drug-likeness (QED) is 0.390. The molecule has 0 bridgehead atoms. The number of aryl methyl sites for hydroxylation is 2. The van der Waals surface area contributed by atoms with E-state index in [0.29, 0.717) is 12.5 Å². The summed E-state index contributed by atoms with van der Waals surface area (Å²) in [7, 11) is 5.57. The smallest absolute Gasteiger partial charge is 0.125 e. The van der Waals surface area contributed by atoms with Gasteiger partial charge in [-0.25, -0.2) is 0 Å². The summed E-state index contributed by atoms with van der Waals surface area (Å²) in [5.41, 5.74) is 2.16. The van der Waals surface area contributed by atoms with E-state index < -0.39 is 9.24 Å². The molecular formula is C22H22Cl2OS. The molecule has 0 spiro atoms. The van der Waals surface area contributed by atoms with Crippen molar-refractivity contribution in [3.8, 4) is 5.75 Å². The van der Waals surface area contributed by atoms with Crippen LogP contribution in [-0.4, -0.2) is 12.5 Å². The third-order valence-electron chi connectivity index (χ3n) is 4.22. The van der Waals surface area contributed by atoms with Crippen LogP contribution in [0.15, 0.2) is 87.5 Å². The third-order valence-corrected chi connectivity index (χ3v) is 8.70. The highest BCUT2D eigenvalue weighted by Crippen LogP contribution is 2.72. The van der Waals surface area contributed by atoms with Crippen molar-refractivity contribution in [1.82, 2.24) is 0 Å². The lowest BCUT2D eigenvalue weighted by Crippen LogP contribution is -2.03. The molecule has 0 saturated heterocycles. The molecule has 0 fully saturated rings. The van der Waals surface area contributed by atoms with Gasteiger partial charge in [-0.15, -0.1) is 11.6 Å². The molecule has 0 aliphatic rings. The number of hydrogen-bond acceptors (Lipinski definition) is 1. The molecule has 1 nitrogen and oxygen atoms in total. The molecule has 0 amide bonds. The summed E-state index contributed by atoms with van der Waals surface area (Å²) in [4.78, 5) is 3.37. The van der Waals surface area contributed by atoms with E-state index in [1.807, 2.05) is 36.4 Å². The number of ether oxygens (including phenoxy) is 1. The topological polar surface area (TPSA) is 9.23 Å². The Kier molecular flexibility index (Phi) is 6.18. The number of rotatable bonds is 6. The fraction of sp³-hybridized carbons (Fsp3) is 0.182. The van der Waals surface area contributed by atoms with Crippen LogP contribution in [-0.2, 0) is 0 Å². The summed E-state index contributed by atoms with van der Waals surface area (Å²) in [6.45, 7) is 4.62. The highest BCUT2D eigenvalue weighted by molar-refractivity contribution is 8.51. The van der Waals surface area contributed by atoms with Crippen molar-refractivity contribution >= 4 is 31.5 Å². The molecule has 0 aliphatic carbocycles. The van der Waals surface area contributed by atoms with Gasteiger partial charge in [0.05, 0.1) is 5.88 Å². The van der Waals surface area contributed by atoms with Crippen LogP contribution in [0, 0.1) is 13.8 Å². The Bertz CT molecular complexity index is 803. The minimum absolute atomic E-state index is 0.472. The molecule has 26 heavy (non-hydrogen) atoms. The second-order valence-electron chi connectivity index (χ2n) is 6.09. The zero-order valence-electron chi connectivity index (χ0n) is 14.9. The lowest BCUT2D eigenvalue weighted by Gasteiger charge is -2.35. The second kappa shape index (κ2) is 8.39. The maximum absolute atomic E-state index is 7.44. The average Bonchev–Trinajstić information content (AvgIpc) is 2.68. The van der Waals surface area contributed by atoms with Crippen LogP contribution < -0.4 is 4.74 Å². The van der Waals surface area contributed by atoms with E-state index in [0.717, 1.165) is 31.6 Å². The molecule has 136 valence electrons. The van der Waals surface area contributed by atoms with Gasteiger partial charge in [-0.2, -0.15) is 0 Å². The highest BCUT2D eigenvalue weighted by Gasteiger charge is 2.29. The van der Waals surface area contributed by atoms with E-state index in [1.165, 1.54) is 0 Å². The third kappa shape index (κ3) is 3.73. The van der Waals surface area contributed by atoms with Gasteiger partial charge < -0.3 is 4.74 Å². The second-order valence-corrected chi connectivity index (χ2v) is 10.3. The van der Waals surface area contributed by atoms with Crippen molar-refractivity contribution in [2.75, 3.05) is 12.5 Å². The van der Waals surface area contributed by atoms with E-state index in [9.17, 15) is 0 Å². The summed E-state index contributed by atoms with van der Waals surface area (Å²) >= 11 is 5.78. The van der Waals surface area contributed by atoms with Gasteiger partial charge in [0.1, 0.15) is 12.4 Å². The SMILES string of the molecule is Cc1cc(S(Cl)(c2ccccc2)c2ccccc2)cc(C)c1OCCCl. The van der Waals surface area contributed by atoms with Gasteiger partial charge in [0.25, 0.3) is 0 Å². The molecule has 0 radical (unpaired) electrons. The van der Waals surface area contributed by atoms with E-state index in [-0.39, 0.29) is 0 Å². The predicted molar refractivity (Wildman–Crippen MR) is 113 cm³/mol. The number of benzene rings is 3. The van der Waals surface area contributed by atoms with Crippen LogP contribution in [0.4, 0.5) is 0 Å². The summed E-state index contributed by atoms with van der Waals surface area (Å²) in [6, 6.07) is 24.9. The van der Waals surface area contributed by atoms with Crippen LogP contribution in [0.5, 0.6) is 5.75 Å². The van der Waals surface area contributed by atoms with Gasteiger partial charge in [-0.05, 0) is 61.4 Å². The van der Waals surface area contributed by atoms with Gasteiger partial charge in [0, 0.05) is 14.7 Å². The first-order valence-corrected chi connectivity index (χ1v) is 11.5. The standard InChI is InChI=1S/C22H22Cl2OS/c1-17-15-21(16-18(2)22(17)25-14-13-23)26(24,19-9-5-3-6-10-19)20-11-7-4-8-12-20/h3-12,15-16H,13-14H2,1-2H3. The van der Waals surface area contributed by atoms with Gasteiger partial charge in [-0.1, -0.05) is 56.3 Å². The van der Waals surface area contributed by atoms with Crippen molar-refractivity contribution in [3.05, 3.63) is 83.9 Å². The minimum Gasteiger partial charge on any atom is -0.492 e. The van der Waals surface area contributed by atoms with E-state index in [1.54, 1.807) is 0 Å². The number of hydrogen-bond donors (Lipinski definition) is 0. The normalized spacial score (nSPS) is 12.0. The molecule has 3 aromatic carbocycles. The molecule has 3 rings (SSSR count). The van der Waals surface area contributed by atoms with Gasteiger partial charge in [0.2, 0.25) is 0 Å². The first-order valence-electron chi connectivity index (χ1n) is 8.50. The monoisotopic (exact) mass is 404 g/mol. The average molecular weight is 405 g/mol. The molecule has 0 heterocycles. The predicted octanol–water partition coefficient (Wildman–Crippen LogP) is 7.36. The molecule has 3 aromatic rings. The number of alkyl halides is 1. The lowest BCUT2D eigenvalue weighted by atomic mass is 10.1. The Morgan fingerprint density at radius 3 is 1.65 bits per heavy atom. The minimum atomic E-state index is -1.87. The molecule has 0 saturated carbocycles. The van der Waals surface area contributed by atoms with Crippen LogP contribution in [0.3, 0.4) is 0 Å². The van der Waals surface area contributed by atoms with Crippen molar-refractivity contribution < 1.29 is 4.74 Å². The first-order chi connectivity index (χ1) is 12.6. The zero-order chi connectivity index (χ0) is 18.6. The summed E-state index contributed by atoms with van der Waals surface area (Å²) in [6.07, 6.45) is 0. The Balaban J connectivity index is 2.18. The molecule has 0 N–H and O–H groups in total. The largest absolute Gasteiger partial charge is 0.492 e. The van der Waals surface area contributed by atoms with Crippen molar-refractivity contribution in [1.29, 1.82) is 0 Å². The molecular weight excluding hydrogens is 383 g/mol. The van der Waals surface area contributed by atoms with Crippen LogP contribution in [0.25, 0.3) is 0 Å². The summed E-state index contributed by atoms with van der Waals surface area (Å²) < 4.78 is 5.83. The van der Waals surface area contributed by atoms with E-state index >= 15 is 0 Å². The van der Waals surface area contributed by atoms with Crippen LogP contribution in [0.1, 0.15) is 11.1 Å². The number of halogens is 2. The maximum Gasteiger partial charge on any atom is 0.125 e. The fourth-order valence-corrected chi connectivity index (χ4v) is 6.59. The molecule has 0 aliphatic heterocycles. The van der Waals surface area contributed by atoms with Crippen molar-refractivity contribution in [3.63, 3.8) is 0 Å². The summed E-state index contributed by atoms with van der Waals surface area (Å²) in [5.74, 6) is 1.37. The maximum atomic E-state index is 7.44. The Morgan fingerprint density at radius 2 is 1.23 bits per heavy atom. The Hall–Kier alpha value is -1.61. The molecule has 0 aromatic heterocycles. The summed E-state index contributed by atoms with van der Waals surface area (Å²) in [5, 5.41) is 0. The fourth-order valence-electron chi connectivity index (χ4n) is 3.07. The Labute approximate surface area is 166 Å².